The van der Waals surface area contributed by atoms with Gasteiger partial charge in [-0.15, -0.1) is 0 Å². The first-order valence-electron chi connectivity index (χ1n) is 8.38. The highest BCUT2D eigenvalue weighted by Crippen LogP contribution is 2.36. The zero-order valence-corrected chi connectivity index (χ0v) is 15.5. The van der Waals surface area contributed by atoms with Gasteiger partial charge in [0.1, 0.15) is 0 Å². The van der Waals surface area contributed by atoms with Gasteiger partial charge in [-0.1, -0.05) is 60.2 Å². The molecule has 1 unspecified atom stereocenters. The predicted molar refractivity (Wildman–Crippen MR) is 102 cm³/mol. The molecule has 3 rings (SSSR count). The SMILES string of the molecule is C=C(C)C1C/C(=C\c2ccccc2)N(S(=O)(=O)c2ccc(C)cc2)C1. The van der Waals surface area contributed by atoms with Gasteiger partial charge >= 0.3 is 0 Å². The Balaban J connectivity index is 2.02. The van der Waals surface area contributed by atoms with Crippen molar-refractivity contribution >= 4 is 16.1 Å². The fourth-order valence-electron chi connectivity index (χ4n) is 3.03. The van der Waals surface area contributed by atoms with Gasteiger partial charge in [-0.3, -0.25) is 4.31 Å². The zero-order valence-electron chi connectivity index (χ0n) is 14.6. The number of aryl methyl sites for hydroxylation is 1. The van der Waals surface area contributed by atoms with Crippen LogP contribution in [0.15, 0.2) is 77.3 Å². The second kappa shape index (κ2) is 6.89. The van der Waals surface area contributed by atoms with Crippen LogP contribution in [0.1, 0.15) is 24.5 Å². The van der Waals surface area contributed by atoms with E-state index in [1.807, 2.05) is 62.4 Å². The van der Waals surface area contributed by atoms with Gasteiger partial charge in [0.15, 0.2) is 0 Å². The van der Waals surface area contributed by atoms with Crippen LogP contribution in [0.25, 0.3) is 6.08 Å². The first kappa shape index (κ1) is 17.5. The van der Waals surface area contributed by atoms with Crippen molar-refractivity contribution in [3.05, 3.63) is 83.6 Å². The zero-order chi connectivity index (χ0) is 18.0. The maximum Gasteiger partial charge on any atom is 0.264 e. The molecule has 0 bridgehead atoms. The Labute approximate surface area is 150 Å². The molecule has 0 aliphatic carbocycles. The highest BCUT2D eigenvalue weighted by molar-refractivity contribution is 7.89. The van der Waals surface area contributed by atoms with Crippen molar-refractivity contribution in [1.29, 1.82) is 0 Å². The molecule has 1 atom stereocenters. The van der Waals surface area contributed by atoms with Gasteiger partial charge in [0.25, 0.3) is 10.0 Å². The lowest BCUT2D eigenvalue weighted by molar-refractivity contribution is 0.496. The molecular weight excluding hydrogens is 330 g/mol. The van der Waals surface area contributed by atoms with E-state index in [1.165, 1.54) is 0 Å². The largest absolute Gasteiger partial charge is 0.270 e. The van der Waals surface area contributed by atoms with Crippen LogP contribution >= 0.6 is 0 Å². The summed E-state index contributed by atoms with van der Waals surface area (Å²) in [4.78, 5) is 0.333. The minimum atomic E-state index is -3.57. The van der Waals surface area contributed by atoms with Gasteiger partial charge in [0.05, 0.1) is 4.90 Å². The Morgan fingerprint density at radius 2 is 1.76 bits per heavy atom. The molecule has 130 valence electrons. The molecule has 25 heavy (non-hydrogen) atoms. The first-order chi connectivity index (χ1) is 11.9. The van der Waals surface area contributed by atoms with E-state index < -0.39 is 10.0 Å². The third kappa shape index (κ3) is 3.69. The van der Waals surface area contributed by atoms with Gasteiger partial charge in [-0.2, -0.15) is 0 Å². The lowest BCUT2D eigenvalue weighted by Crippen LogP contribution is -2.28. The van der Waals surface area contributed by atoms with Crippen LogP contribution in [0.2, 0.25) is 0 Å². The van der Waals surface area contributed by atoms with Crippen LogP contribution in [-0.4, -0.2) is 19.3 Å². The van der Waals surface area contributed by atoms with Crippen molar-refractivity contribution in [2.24, 2.45) is 5.92 Å². The number of hydrogen-bond acceptors (Lipinski definition) is 2. The first-order valence-corrected chi connectivity index (χ1v) is 9.82. The topological polar surface area (TPSA) is 37.4 Å². The molecule has 0 N–H and O–H groups in total. The summed E-state index contributed by atoms with van der Waals surface area (Å²) in [6, 6.07) is 16.9. The average molecular weight is 353 g/mol. The molecule has 1 aliphatic rings. The summed E-state index contributed by atoms with van der Waals surface area (Å²) < 4.78 is 27.9. The van der Waals surface area contributed by atoms with E-state index >= 15 is 0 Å². The van der Waals surface area contributed by atoms with Crippen molar-refractivity contribution in [3.8, 4) is 0 Å². The van der Waals surface area contributed by atoms with E-state index in [0.29, 0.717) is 17.9 Å². The van der Waals surface area contributed by atoms with Crippen molar-refractivity contribution in [1.82, 2.24) is 4.31 Å². The number of sulfonamides is 1. The fourth-order valence-corrected chi connectivity index (χ4v) is 4.58. The Hall–Kier alpha value is -2.33. The third-order valence-electron chi connectivity index (χ3n) is 4.60. The van der Waals surface area contributed by atoms with Gasteiger partial charge in [-0.05, 0) is 44.0 Å². The Kier molecular flexibility index (Phi) is 4.82. The number of hydrogen-bond donors (Lipinski definition) is 0. The number of rotatable bonds is 4. The standard InChI is InChI=1S/C21H23NO2S/c1-16(2)19-14-20(13-18-7-5-4-6-8-18)22(15-19)25(23,24)21-11-9-17(3)10-12-21/h4-13,19H,1,14-15H2,2-3H3/b20-13+. The second-order valence-electron chi connectivity index (χ2n) is 6.64. The molecule has 0 amide bonds. The van der Waals surface area contributed by atoms with E-state index in [0.717, 1.165) is 22.4 Å². The summed E-state index contributed by atoms with van der Waals surface area (Å²) in [6.07, 6.45) is 2.66. The van der Waals surface area contributed by atoms with E-state index in [-0.39, 0.29) is 5.92 Å². The summed E-state index contributed by atoms with van der Waals surface area (Å²) in [7, 11) is -3.57. The Morgan fingerprint density at radius 1 is 1.12 bits per heavy atom. The quantitative estimate of drug-likeness (QED) is 0.752. The van der Waals surface area contributed by atoms with Crippen molar-refractivity contribution in [3.63, 3.8) is 0 Å². The molecule has 1 heterocycles. The van der Waals surface area contributed by atoms with Gasteiger partial charge in [-0.25, -0.2) is 8.42 Å². The summed E-state index contributed by atoms with van der Waals surface area (Å²) in [5, 5.41) is 0. The molecule has 1 aliphatic heterocycles. The normalized spacial score (nSPS) is 19.4. The smallest absolute Gasteiger partial charge is 0.264 e. The average Bonchev–Trinajstić information content (AvgIpc) is 3.01. The summed E-state index contributed by atoms with van der Waals surface area (Å²) in [5.74, 6) is 0.148. The molecule has 2 aromatic rings. The predicted octanol–water partition coefficient (Wildman–Crippen LogP) is 4.62. The Morgan fingerprint density at radius 3 is 2.36 bits per heavy atom. The highest BCUT2D eigenvalue weighted by atomic mass is 32.2. The molecular formula is C21H23NO2S. The maximum atomic E-state index is 13.2. The van der Waals surface area contributed by atoms with Crippen LogP contribution in [0.4, 0.5) is 0 Å². The summed E-state index contributed by atoms with van der Waals surface area (Å²) in [5.41, 5.74) is 3.88. The van der Waals surface area contributed by atoms with Crippen LogP contribution in [0, 0.1) is 12.8 Å². The van der Waals surface area contributed by atoms with E-state index in [4.69, 9.17) is 0 Å². The monoisotopic (exact) mass is 353 g/mol. The summed E-state index contributed by atoms with van der Waals surface area (Å²) in [6.45, 7) is 8.39. The maximum absolute atomic E-state index is 13.2. The number of benzene rings is 2. The van der Waals surface area contributed by atoms with Crippen molar-refractivity contribution < 1.29 is 8.42 Å². The molecule has 3 nitrogen and oxygen atoms in total. The highest BCUT2D eigenvalue weighted by Gasteiger charge is 2.35. The van der Waals surface area contributed by atoms with Gasteiger partial charge in [0, 0.05) is 18.2 Å². The molecule has 0 spiro atoms. The molecule has 4 heteroatoms. The molecule has 0 aromatic heterocycles. The van der Waals surface area contributed by atoms with Gasteiger partial charge in [0.2, 0.25) is 0 Å². The molecule has 2 aromatic carbocycles. The lowest BCUT2D eigenvalue weighted by atomic mass is 10.00. The molecule has 0 saturated carbocycles. The van der Waals surface area contributed by atoms with E-state index in [9.17, 15) is 8.42 Å². The van der Waals surface area contributed by atoms with Crippen LogP contribution in [0.3, 0.4) is 0 Å². The lowest BCUT2D eigenvalue weighted by Gasteiger charge is -2.21. The van der Waals surface area contributed by atoms with E-state index in [2.05, 4.69) is 6.58 Å². The Bertz CT molecular complexity index is 897. The molecule has 0 radical (unpaired) electrons. The minimum Gasteiger partial charge on any atom is -0.270 e. The number of nitrogens with zero attached hydrogens (tertiary/aromatic N) is 1. The third-order valence-corrected chi connectivity index (χ3v) is 6.43. The summed E-state index contributed by atoms with van der Waals surface area (Å²) >= 11 is 0. The van der Waals surface area contributed by atoms with Crippen LogP contribution in [-0.2, 0) is 10.0 Å². The minimum absolute atomic E-state index is 0.148. The van der Waals surface area contributed by atoms with Gasteiger partial charge < -0.3 is 0 Å². The molecule has 1 fully saturated rings. The molecule has 1 saturated heterocycles. The van der Waals surface area contributed by atoms with Crippen LogP contribution in [0.5, 0.6) is 0 Å². The van der Waals surface area contributed by atoms with E-state index in [1.54, 1.807) is 16.4 Å². The van der Waals surface area contributed by atoms with Crippen molar-refractivity contribution in [2.45, 2.75) is 25.2 Å². The second-order valence-corrected chi connectivity index (χ2v) is 8.51. The van der Waals surface area contributed by atoms with Crippen LogP contribution < -0.4 is 0 Å². The van der Waals surface area contributed by atoms with Crippen molar-refractivity contribution in [2.75, 3.05) is 6.54 Å². The fraction of sp³-hybridized carbons (Fsp3) is 0.238. The number of allylic oxidation sites excluding steroid dienone is 1.